The molecule has 0 spiro atoms. The van der Waals surface area contributed by atoms with Crippen molar-refractivity contribution in [3.05, 3.63) is 29.3 Å². The second-order valence-electron chi connectivity index (χ2n) is 6.05. The zero-order valence-corrected chi connectivity index (χ0v) is 12.3. The Morgan fingerprint density at radius 1 is 1.26 bits per heavy atom. The molecule has 1 fully saturated rings. The molecule has 1 atom stereocenters. The molecule has 0 aliphatic carbocycles. The molecule has 2 rings (SSSR count). The van der Waals surface area contributed by atoms with Gasteiger partial charge in [-0.2, -0.15) is 0 Å². The molecule has 0 saturated carbocycles. The maximum atomic E-state index is 9.89. The first-order valence-corrected chi connectivity index (χ1v) is 7.10. The van der Waals surface area contributed by atoms with E-state index in [2.05, 4.69) is 36.9 Å². The molecule has 1 saturated heterocycles. The molecule has 1 aliphatic rings. The van der Waals surface area contributed by atoms with Crippen molar-refractivity contribution in [2.75, 3.05) is 26.2 Å². The lowest BCUT2D eigenvalue weighted by atomic mass is 10.1. The average molecular weight is 263 g/mol. The highest BCUT2D eigenvalue weighted by Gasteiger charge is 2.30. The minimum absolute atomic E-state index is 0.492. The van der Waals surface area contributed by atoms with Crippen LogP contribution in [0.5, 0.6) is 5.75 Å². The number of hydrogen-bond acceptors (Lipinski definition) is 3. The molecule has 106 valence electrons. The quantitative estimate of drug-likeness (QED) is 0.829. The van der Waals surface area contributed by atoms with Crippen LogP contribution >= 0.6 is 0 Å². The van der Waals surface area contributed by atoms with Gasteiger partial charge in [0, 0.05) is 19.6 Å². The minimum atomic E-state index is -0.492. The molecule has 0 aromatic heterocycles. The van der Waals surface area contributed by atoms with Crippen molar-refractivity contribution in [2.45, 2.75) is 39.2 Å². The van der Waals surface area contributed by atoms with Crippen LogP contribution in [0.15, 0.2) is 18.2 Å². The summed E-state index contributed by atoms with van der Waals surface area (Å²) in [6.45, 7) is 9.62. The van der Waals surface area contributed by atoms with Crippen molar-refractivity contribution in [3.63, 3.8) is 0 Å². The number of β-amino-alcohol motifs (C(OH)–C–C–N with tert-alkyl or cyclic N) is 1. The van der Waals surface area contributed by atoms with Crippen molar-refractivity contribution in [2.24, 2.45) is 0 Å². The Kier molecular flexibility index (Phi) is 4.48. The van der Waals surface area contributed by atoms with E-state index in [0.29, 0.717) is 0 Å². The van der Waals surface area contributed by atoms with Gasteiger partial charge >= 0.3 is 0 Å². The monoisotopic (exact) mass is 263 g/mol. The van der Waals surface area contributed by atoms with Crippen LogP contribution in [0.25, 0.3) is 0 Å². The van der Waals surface area contributed by atoms with Gasteiger partial charge in [0.1, 0.15) is 5.75 Å². The van der Waals surface area contributed by atoms with E-state index >= 15 is 0 Å². The van der Waals surface area contributed by atoms with Gasteiger partial charge in [-0.05, 0) is 56.9 Å². The Hall–Kier alpha value is -1.06. The van der Waals surface area contributed by atoms with E-state index in [4.69, 9.17) is 4.74 Å². The third-order valence-electron chi connectivity index (χ3n) is 3.61. The fourth-order valence-electron chi connectivity index (χ4n) is 2.72. The van der Waals surface area contributed by atoms with Crippen molar-refractivity contribution < 1.29 is 9.84 Å². The Balaban J connectivity index is 1.70. The van der Waals surface area contributed by atoms with E-state index in [1.165, 1.54) is 11.1 Å². The highest BCUT2D eigenvalue weighted by Crippen LogP contribution is 2.20. The van der Waals surface area contributed by atoms with E-state index in [1.54, 1.807) is 0 Å². The zero-order valence-electron chi connectivity index (χ0n) is 12.3. The third-order valence-corrected chi connectivity index (χ3v) is 3.61. The number of likely N-dealkylation sites (tertiary alicyclic amines) is 1. The summed E-state index contributed by atoms with van der Waals surface area (Å²) in [5.74, 6) is 0.964. The SMILES string of the molecule is Cc1cc(C)cc(OCCCN2CCC(C)(O)C2)c1. The van der Waals surface area contributed by atoms with Gasteiger partial charge in [0.25, 0.3) is 0 Å². The summed E-state index contributed by atoms with van der Waals surface area (Å²) < 4.78 is 5.79. The second-order valence-corrected chi connectivity index (χ2v) is 6.05. The van der Waals surface area contributed by atoms with Crippen LogP contribution in [0.4, 0.5) is 0 Å². The summed E-state index contributed by atoms with van der Waals surface area (Å²) in [5.41, 5.74) is 1.99. The lowest BCUT2D eigenvalue weighted by Gasteiger charge is -2.18. The maximum Gasteiger partial charge on any atom is 0.119 e. The second kappa shape index (κ2) is 5.93. The molecule has 1 aliphatic heterocycles. The van der Waals surface area contributed by atoms with Gasteiger partial charge in [0.15, 0.2) is 0 Å². The van der Waals surface area contributed by atoms with E-state index in [-0.39, 0.29) is 0 Å². The average Bonchev–Trinajstić information content (AvgIpc) is 2.63. The third kappa shape index (κ3) is 4.51. The lowest BCUT2D eigenvalue weighted by molar-refractivity contribution is 0.0681. The molecule has 1 N–H and O–H groups in total. The highest BCUT2D eigenvalue weighted by molar-refractivity contribution is 5.32. The zero-order chi connectivity index (χ0) is 13.9. The van der Waals surface area contributed by atoms with Gasteiger partial charge in [0.05, 0.1) is 12.2 Å². The molecule has 0 bridgehead atoms. The van der Waals surface area contributed by atoms with E-state index in [9.17, 15) is 5.11 Å². The van der Waals surface area contributed by atoms with Gasteiger partial charge in [-0.1, -0.05) is 6.07 Å². The Labute approximate surface area is 116 Å². The van der Waals surface area contributed by atoms with Crippen molar-refractivity contribution in [1.29, 1.82) is 0 Å². The standard InChI is InChI=1S/C16H25NO2/c1-13-9-14(2)11-15(10-13)19-8-4-6-17-7-5-16(3,18)12-17/h9-11,18H,4-8,12H2,1-3H3. The molecule has 1 unspecified atom stereocenters. The fraction of sp³-hybridized carbons (Fsp3) is 0.625. The van der Waals surface area contributed by atoms with Crippen LogP contribution < -0.4 is 4.74 Å². The first kappa shape index (κ1) is 14.4. The molecule has 0 amide bonds. The largest absolute Gasteiger partial charge is 0.494 e. The number of aliphatic hydroxyl groups is 1. The molecule has 3 nitrogen and oxygen atoms in total. The smallest absolute Gasteiger partial charge is 0.119 e. The van der Waals surface area contributed by atoms with Gasteiger partial charge in [0.2, 0.25) is 0 Å². The minimum Gasteiger partial charge on any atom is -0.494 e. The number of hydrogen-bond donors (Lipinski definition) is 1. The maximum absolute atomic E-state index is 9.89. The molecule has 1 aromatic carbocycles. The number of rotatable bonds is 5. The van der Waals surface area contributed by atoms with Crippen LogP contribution in [0, 0.1) is 13.8 Å². The molecule has 1 aromatic rings. The van der Waals surface area contributed by atoms with E-state index < -0.39 is 5.60 Å². The first-order valence-electron chi connectivity index (χ1n) is 7.10. The Bertz CT molecular complexity index is 409. The number of aryl methyl sites for hydroxylation is 2. The normalized spacial score (nSPS) is 23.8. The van der Waals surface area contributed by atoms with Crippen molar-refractivity contribution >= 4 is 0 Å². The topological polar surface area (TPSA) is 32.7 Å². The van der Waals surface area contributed by atoms with Gasteiger partial charge in [-0.3, -0.25) is 0 Å². The number of nitrogens with zero attached hydrogens (tertiary/aromatic N) is 1. The van der Waals surface area contributed by atoms with Crippen molar-refractivity contribution in [1.82, 2.24) is 4.90 Å². The molecule has 19 heavy (non-hydrogen) atoms. The summed E-state index contributed by atoms with van der Waals surface area (Å²) in [4.78, 5) is 2.31. The van der Waals surface area contributed by atoms with Gasteiger partial charge in [-0.25, -0.2) is 0 Å². The van der Waals surface area contributed by atoms with E-state index in [1.807, 2.05) is 6.92 Å². The van der Waals surface area contributed by atoms with Crippen molar-refractivity contribution in [3.8, 4) is 5.75 Å². The molecule has 0 radical (unpaired) electrons. The lowest BCUT2D eigenvalue weighted by Crippen LogP contribution is -2.30. The van der Waals surface area contributed by atoms with Crippen LogP contribution in [0.1, 0.15) is 30.9 Å². The molecule has 3 heteroatoms. The summed E-state index contributed by atoms with van der Waals surface area (Å²) >= 11 is 0. The summed E-state index contributed by atoms with van der Waals surface area (Å²) in [6.07, 6.45) is 1.88. The summed E-state index contributed by atoms with van der Waals surface area (Å²) in [5, 5.41) is 9.89. The Morgan fingerprint density at radius 3 is 2.53 bits per heavy atom. The highest BCUT2D eigenvalue weighted by atomic mass is 16.5. The number of ether oxygens (including phenoxy) is 1. The van der Waals surface area contributed by atoms with Gasteiger partial charge < -0.3 is 14.7 Å². The number of benzene rings is 1. The molecular weight excluding hydrogens is 238 g/mol. The van der Waals surface area contributed by atoms with Gasteiger partial charge in [-0.15, -0.1) is 0 Å². The molecule has 1 heterocycles. The molecular formula is C16H25NO2. The van der Waals surface area contributed by atoms with E-state index in [0.717, 1.165) is 44.8 Å². The van der Waals surface area contributed by atoms with Crippen LogP contribution in [-0.2, 0) is 0 Å². The predicted molar refractivity (Wildman–Crippen MR) is 77.7 cm³/mol. The predicted octanol–water partition coefficient (Wildman–Crippen LogP) is 2.53. The summed E-state index contributed by atoms with van der Waals surface area (Å²) in [7, 11) is 0. The Morgan fingerprint density at radius 2 is 1.95 bits per heavy atom. The van der Waals surface area contributed by atoms with Crippen LogP contribution in [0.2, 0.25) is 0 Å². The fourth-order valence-corrected chi connectivity index (χ4v) is 2.72. The van der Waals surface area contributed by atoms with Crippen LogP contribution in [-0.4, -0.2) is 41.8 Å². The van der Waals surface area contributed by atoms with Crippen LogP contribution in [0.3, 0.4) is 0 Å². The summed E-state index contributed by atoms with van der Waals surface area (Å²) in [6, 6.07) is 6.31. The first-order chi connectivity index (χ1) is 8.94.